The number of nitrogens with zero attached hydrogens (tertiary/aromatic N) is 4. The van der Waals surface area contributed by atoms with Crippen LogP contribution >= 0.6 is 24.0 Å². The second-order valence-corrected chi connectivity index (χ2v) is 6.60. The van der Waals surface area contributed by atoms with Crippen LogP contribution in [0.4, 0.5) is 0 Å². The zero-order chi connectivity index (χ0) is 18.1. The summed E-state index contributed by atoms with van der Waals surface area (Å²) in [5.41, 5.74) is 0. The Hall–Kier alpha value is -0.940. The van der Waals surface area contributed by atoms with Gasteiger partial charge < -0.3 is 24.8 Å². The molecular weight excluding hydrogens is 447 g/mol. The number of aryl methyl sites for hydroxylation is 1. The highest BCUT2D eigenvalue weighted by Crippen LogP contribution is 2.10. The summed E-state index contributed by atoms with van der Waals surface area (Å²) >= 11 is 0. The third-order valence-corrected chi connectivity index (χ3v) is 4.08. The average molecular weight is 480 g/mol. The van der Waals surface area contributed by atoms with Gasteiger partial charge in [-0.3, -0.25) is 0 Å². The van der Waals surface area contributed by atoms with Gasteiger partial charge in [-0.1, -0.05) is 5.16 Å². The maximum atomic E-state index is 5.64. The molecule has 26 heavy (non-hydrogen) atoms. The second kappa shape index (κ2) is 12.4. The summed E-state index contributed by atoms with van der Waals surface area (Å²) in [5.74, 6) is 1.98. The first-order chi connectivity index (χ1) is 12.1. The van der Waals surface area contributed by atoms with Gasteiger partial charge in [0.05, 0.1) is 12.7 Å². The van der Waals surface area contributed by atoms with Gasteiger partial charge in [-0.05, 0) is 33.6 Å². The minimum absolute atomic E-state index is 0. The van der Waals surface area contributed by atoms with Crippen LogP contribution in [0.15, 0.2) is 9.52 Å². The molecule has 0 atom stereocenters. The Morgan fingerprint density at radius 1 is 1.38 bits per heavy atom. The predicted octanol–water partition coefficient (Wildman–Crippen LogP) is 1.94. The zero-order valence-corrected chi connectivity index (χ0v) is 18.7. The third-order valence-electron chi connectivity index (χ3n) is 4.08. The molecule has 0 spiro atoms. The Bertz CT molecular complexity index is 529. The van der Waals surface area contributed by atoms with E-state index >= 15 is 0 Å². The molecule has 1 aliphatic rings. The van der Waals surface area contributed by atoms with Crippen molar-refractivity contribution >= 4 is 29.9 Å². The lowest BCUT2D eigenvalue weighted by Crippen LogP contribution is -2.49. The fourth-order valence-corrected chi connectivity index (χ4v) is 2.79. The van der Waals surface area contributed by atoms with Gasteiger partial charge in [0.1, 0.15) is 6.54 Å². The predicted molar refractivity (Wildman–Crippen MR) is 113 cm³/mol. The van der Waals surface area contributed by atoms with Gasteiger partial charge in [0.2, 0.25) is 5.89 Å². The van der Waals surface area contributed by atoms with E-state index in [1.807, 2.05) is 0 Å². The number of piperidine rings is 1. The molecule has 0 aromatic carbocycles. The van der Waals surface area contributed by atoms with Crippen molar-refractivity contribution < 1.29 is 9.26 Å². The number of ether oxygens (including phenoxy) is 1. The highest BCUT2D eigenvalue weighted by molar-refractivity contribution is 14.0. The van der Waals surface area contributed by atoms with Crippen molar-refractivity contribution in [2.45, 2.75) is 59.2 Å². The van der Waals surface area contributed by atoms with E-state index in [9.17, 15) is 0 Å². The Morgan fingerprint density at radius 3 is 2.69 bits per heavy atom. The molecule has 1 fully saturated rings. The number of aromatic nitrogens is 2. The molecule has 2 N–H and O–H groups in total. The molecule has 2 rings (SSSR count). The standard InChI is InChI=1S/C17H32N6O2.HI/c1-5-18-17(19-12-16-20-14(4)25-22-16)21-15-6-8-23(9-7-15)10-11-24-13(2)3;/h13,15H,5-12H2,1-4H3,(H2,18,19,21);1H. The lowest BCUT2D eigenvalue weighted by molar-refractivity contribution is 0.0532. The van der Waals surface area contributed by atoms with Crippen LogP contribution in [0.5, 0.6) is 0 Å². The molecule has 9 heteroatoms. The summed E-state index contributed by atoms with van der Waals surface area (Å²) in [6.07, 6.45) is 2.52. The van der Waals surface area contributed by atoms with Crippen LogP contribution in [-0.4, -0.2) is 65.9 Å². The molecule has 150 valence electrons. The Morgan fingerprint density at radius 2 is 2.12 bits per heavy atom. The Kier molecular flexibility index (Phi) is 11.1. The number of guanidine groups is 1. The van der Waals surface area contributed by atoms with Gasteiger partial charge in [-0.25, -0.2) is 4.99 Å². The Labute approximate surface area is 173 Å². The number of halogens is 1. The van der Waals surface area contributed by atoms with Gasteiger partial charge in [-0.2, -0.15) is 4.98 Å². The van der Waals surface area contributed by atoms with Gasteiger partial charge in [-0.15, -0.1) is 24.0 Å². The number of aliphatic imine (C=N–C) groups is 1. The molecule has 0 unspecified atom stereocenters. The number of likely N-dealkylation sites (tertiary alicyclic amines) is 1. The van der Waals surface area contributed by atoms with Crippen molar-refractivity contribution in [2.75, 3.05) is 32.8 Å². The lowest BCUT2D eigenvalue weighted by atomic mass is 10.1. The number of nitrogens with one attached hydrogen (secondary N) is 2. The SMILES string of the molecule is CCNC(=NCc1noc(C)n1)NC1CCN(CCOC(C)C)CC1.I. The summed E-state index contributed by atoms with van der Waals surface area (Å²) in [4.78, 5) is 11.2. The molecule has 0 bridgehead atoms. The molecule has 1 aromatic heterocycles. The number of hydrogen-bond donors (Lipinski definition) is 2. The normalized spacial score (nSPS) is 16.6. The number of rotatable bonds is 8. The molecule has 2 heterocycles. The molecule has 0 amide bonds. The van der Waals surface area contributed by atoms with Gasteiger partial charge >= 0.3 is 0 Å². The maximum absolute atomic E-state index is 5.64. The summed E-state index contributed by atoms with van der Waals surface area (Å²) < 4.78 is 10.6. The fourth-order valence-electron chi connectivity index (χ4n) is 2.79. The molecule has 1 aromatic rings. The number of hydrogen-bond acceptors (Lipinski definition) is 6. The van der Waals surface area contributed by atoms with Crippen molar-refractivity contribution in [3.8, 4) is 0 Å². The van der Waals surface area contributed by atoms with E-state index in [0.29, 0.717) is 30.4 Å². The van der Waals surface area contributed by atoms with E-state index in [1.165, 1.54) is 0 Å². The molecule has 1 aliphatic heterocycles. The minimum atomic E-state index is 0. The van der Waals surface area contributed by atoms with E-state index < -0.39 is 0 Å². The van der Waals surface area contributed by atoms with Crippen LogP contribution in [0.1, 0.15) is 45.3 Å². The quantitative estimate of drug-likeness (QED) is 0.334. The fraction of sp³-hybridized carbons (Fsp3) is 0.824. The topological polar surface area (TPSA) is 87.8 Å². The van der Waals surface area contributed by atoms with Crippen molar-refractivity contribution in [3.63, 3.8) is 0 Å². The van der Waals surface area contributed by atoms with E-state index in [0.717, 1.165) is 51.6 Å². The van der Waals surface area contributed by atoms with E-state index in [-0.39, 0.29) is 24.0 Å². The van der Waals surface area contributed by atoms with Crippen LogP contribution in [-0.2, 0) is 11.3 Å². The van der Waals surface area contributed by atoms with Crippen molar-refractivity contribution in [1.82, 2.24) is 25.7 Å². The molecule has 0 aliphatic carbocycles. The van der Waals surface area contributed by atoms with Crippen LogP contribution in [0.25, 0.3) is 0 Å². The van der Waals surface area contributed by atoms with Crippen molar-refractivity contribution in [3.05, 3.63) is 11.7 Å². The maximum Gasteiger partial charge on any atom is 0.223 e. The van der Waals surface area contributed by atoms with Crippen molar-refractivity contribution in [2.24, 2.45) is 4.99 Å². The highest BCUT2D eigenvalue weighted by atomic mass is 127. The average Bonchev–Trinajstić information content (AvgIpc) is 2.99. The monoisotopic (exact) mass is 480 g/mol. The van der Waals surface area contributed by atoms with E-state index in [4.69, 9.17) is 9.26 Å². The zero-order valence-electron chi connectivity index (χ0n) is 16.3. The highest BCUT2D eigenvalue weighted by Gasteiger charge is 2.19. The van der Waals surface area contributed by atoms with E-state index in [2.05, 4.69) is 51.4 Å². The second-order valence-electron chi connectivity index (χ2n) is 6.60. The Balaban J connectivity index is 0.00000338. The van der Waals surface area contributed by atoms with Crippen molar-refractivity contribution in [1.29, 1.82) is 0 Å². The summed E-state index contributed by atoms with van der Waals surface area (Å²) in [7, 11) is 0. The van der Waals surface area contributed by atoms with Crippen LogP contribution in [0, 0.1) is 6.92 Å². The van der Waals surface area contributed by atoms with Gasteiger partial charge in [0.25, 0.3) is 0 Å². The van der Waals surface area contributed by atoms with Gasteiger partial charge in [0, 0.05) is 39.1 Å². The van der Waals surface area contributed by atoms with Crippen LogP contribution in [0.2, 0.25) is 0 Å². The first kappa shape index (κ1) is 23.1. The summed E-state index contributed by atoms with van der Waals surface area (Å²) in [6.45, 7) is 13.2. The third kappa shape index (κ3) is 8.63. The van der Waals surface area contributed by atoms with Crippen LogP contribution < -0.4 is 10.6 Å². The lowest BCUT2D eigenvalue weighted by Gasteiger charge is -2.33. The molecule has 1 saturated heterocycles. The summed E-state index contributed by atoms with van der Waals surface area (Å²) in [5, 5.41) is 10.7. The van der Waals surface area contributed by atoms with Gasteiger partial charge in [0.15, 0.2) is 11.8 Å². The molecular formula is C17H33IN6O2. The smallest absolute Gasteiger partial charge is 0.223 e. The largest absolute Gasteiger partial charge is 0.377 e. The first-order valence-electron chi connectivity index (χ1n) is 9.24. The molecule has 0 saturated carbocycles. The minimum Gasteiger partial charge on any atom is -0.377 e. The first-order valence-corrected chi connectivity index (χ1v) is 9.24. The molecule has 8 nitrogen and oxygen atoms in total. The van der Waals surface area contributed by atoms with E-state index in [1.54, 1.807) is 6.92 Å². The molecule has 0 radical (unpaired) electrons. The summed E-state index contributed by atoms with van der Waals surface area (Å²) in [6, 6.07) is 0.437. The van der Waals surface area contributed by atoms with Crippen LogP contribution in [0.3, 0.4) is 0 Å².